The summed E-state index contributed by atoms with van der Waals surface area (Å²) in [7, 11) is 0. The van der Waals surface area contributed by atoms with E-state index in [2.05, 4.69) is 68.6 Å². The molecule has 0 saturated heterocycles. The van der Waals surface area contributed by atoms with Crippen LogP contribution in [0.2, 0.25) is 0 Å². The first kappa shape index (κ1) is 13.4. The third-order valence-electron chi connectivity index (χ3n) is 4.65. The van der Waals surface area contributed by atoms with Crippen LogP contribution in [-0.2, 0) is 0 Å². The molecule has 1 aliphatic rings. The Balaban J connectivity index is 1.81. The zero-order chi connectivity index (χ0) is 14.2. The lowest BCUT2D eigenvalue weighted by atomic mass is 9.64. The number of nitrogens with one attached hydrogen (secondary N) is 1. The molecule has 1 N–H and O–H groups in total. The predicted octanol–water partition coefficient (Wildman–Crippen LogP) is 4.00. The van der Waals surface area contributed by atoms with Gasteiger partial charge in [0.1, 0.15) is 11.9 Å². The zero-order valence-corrected chi connectivity index (χ0v) is 12.5. The van der Waals surface area contributed by atoms with E-state index >= 15 is 0 Å². The van der Waals surface area contributed by atoms with Crippen LogP contribution in [0.15, 0.2) is 42.5 Å². The van der Waals surface area contributed by atoms with Crippen molar-refractivity contribution in [1.82, 2.24) is 5.32 Å². The third-order valence-corrected chi connectivity index (χ3v) is 4.65. The molecule has 1 saturated carbocycles. The Morgan fingerprint density at radius 3 is 2.65 bits per heavy atom. The van der Waals surface area contributed by atoms with Crippen molar-refractivity contribution in [3.05, 3.63) is 42.5 Å². The second kappa shape index (κ2) is 5.10. The molecule has 20 heavy (non-hydrogen) atoms. The first-order valence-electron chi connectivity index (χ1n) is 7.50. The fourth-order valence-corrected chi connectivity index (χ4v) is 3.13. The molecule has 0 bridgehead atoms. The van der Waals surface area contributed by atoms with Crippen LogP contribution < -0.4 is 10.1 Å². The number of hydrogen-bond acceptors (Lipinski definition) is 2. The van der Waals surface area contributed by atoms with E-state index in [1.165, 1.54) is 10.8 Å². The maximum Gasteiger partial charge on any atom is 0.127 e. The Morgan fingerprint density at radius 2 is 1.90 bits per heavy atom. The monoisotopic (exact) mass is 269 g/mol. The van der Waals surface area contributed by atoms with Crippen molar-refractivity contribution >= 4 is 10.8 Å². The number of ether oxygens (including phenoxy) is 1. The van der Waals surface area contributed by atoms with Gasteiger partial charge in [-0.05, 0) is 18.0 Å². The minimum absolute atomic E-state index is 0.187. The Kier molecular flexibility index (Phi) is 3.43. The van der Waals surface area contributed by atoms with Crippen molar-refractivity contribution in [2.75, 3.05) is 6.54 Å². The average Bonchev–Trinajstić information content (AvgIpc) is 2.46. The fourth-order valence-electron chi connectivity index (χ4n) is 3.13. The Labute approximate surface area is 121 Å². The highest BCUT2D eigenvalue weighted by molar-refractivity contribution is 5.88. The summed E-state index contributed by atoms with van der Waals surface area (Å²) in [4.78, 5) is 0. The van der Waals surface area contributed by atoms with E-state index in [0.717, 1.165) is 18.7 Å². The van der Waals surface area contributed by atoms with Crippen molar-refractivity contribution in [3.8, 4) is 5.75 Å². The van der Waals surface area contributed by atoms with Gasteiger partial charge in [-0.2, -0.15) is 0 Å². The van der Waals surface area contributed by atoms with Crippen molar-refractivity contribution in [2.45, 2.75) is 39.3 Å². The summed E-state index contributed by atoms with van der Waals surface area (Å²) in [5.41, 5.74) is 0.187. The largest absolute Gasteiger partial charge is 0.489 e. The molecular weight excluding hydrogens is 246 g/mol. The number of rotatable bonds is 4. The molecule has 2 heteroatoms. The quantitative estimate of drug-likeness (QED) is 0.906. The molecule has 2 atom stereocenters. The molecule has 0 aliphatic heterocycles. The van der Waals surface area contributed by atoms with Crippen molar-refractivity contribution < 1.29 is 4.74 Å². The maximum atomic E-state index is 6.32. The molecule has 2 unspecified atom stereocenters. The van der Waals surface area contributed by atoms with Crippen LogP contribution in [0.1, 0.15) is 27.2 Å². The summed E-state index contributed by atoms with van der Waals surface area (Å²) in [6, 6.07) is 15.3. The van der Waals surface area contributed by atoms with E-state index in [9.17, 15) is 0 Å². The summed E-state index contributed by atoms with van der Waals surface area (Å²) in [5, 5.41) is 5.99. The minimum atomic E-state index is 0.187. The summed E-state index contributed by atoms with van der Waals surface area (Å²) in [5.74, 6) is 1.01. The van der Waals surface area contributed by atoms with E-state index in [-0.39, 0.29) is 11.5 Å². The third kappa shape index (κ3) is 2.18. The van der Waals surface area contributed by atoms with Crippen LogP contribution in [0.5, 0.6) is 5.75 Å². The van der Waals surface area contributed by atoms with E-state index in [0.29, 0.717) is 6.04 Å². The lowest BCUT2D eigenvalue weighted by Gasteiger charge is -2.51. The van der Waals surface area contributed by atoms with Gasteiger partial charge in [-0.15, -0.1) is 0 Å². The average molecular weight is 269 g/mol. The Morgan fingerprint density at radius 1 is 1.15 bits per heavy atom. The number of hydrogen-bond donors (Lipinski definition) is 1. The standard InChI is InChI=1S/C18H23NO/c1-4-19-16-12-17(18(16,2)3)20-15-11-7-9-13-8-5-6-10-14(13)15/h5-11,16-17,19H,4,12H2,1-3H3. The molecule has 2 aromatic rings. The second-order valence-corrected chi connectivity index (χ2v) is 6.25. The van der Waals surface area contributed by atoms with Gasteiger partial charge in [-0.3, -0.25) is 0 Å². The Bertz CT molecular complexity index is 600. The molecule has 1 fully saturated rings. The lowest BCUT2D eigenvalue weighted by molar-refractivity contribution is -0.0533. The van der Waals surface area contributed by atoms with Crippen LogP contribution in [0.3, 0.4) is 0 Å². The Hall–Kier alpha value is -1.54. The van der Waals surface area contributed by atoms with Crippen LogP contribution in [-0.4, -0.2) is 18.7 Å². The highest BCUT2D eigenvalue weighted by Crippen LogP contribution is 2.43. The van der Waals surface area contributed by atoms with Gasteiger partial charge in [0.05, 0.1) is 0 Å². The van der Waals surface area contributed by atoms with Crippen molar-refractivity contribution in [3.63, 3.8) is 0 Å². The van der Waals surface area contributed by atoms with E-state index in [1.54, 1.807) is 0 Å². The highest BCUT2D eigenvalue weighted by atomic mass is 16.5. The maximum absolute atomic E-state index is 6.32. The molecule has 2 nitrogen and oxygen atoms in total. The van der Waals surface area contributed by atoms with E-state index < -0.39 is 0 Å². The van der Waals surface area contributed by atoms with Crippen molar-refractivity contribution in [1.29, 1.82) is 0 Å². The topological polar surface area (TPSA) is 21.3 Å². The first-order valence-corrected chi connectivity index (χ1v) is 7.50. The fraction of sp³-hybridized carbons (Fsp3) is 0.444. The molecule has 106 valence electrons. The zero-order valence-electron chi connectivity index (χ0n) is 12.5. The van der Waals surface area contributed by atoms with Gasteiger partial charge in [0.15, 0.2) is 0 Å². The predicted molar refractivity (Wildman–Crippen MR) is 84.2 cm³/mol. The molecular formula is C18H23NO. The summed E-state index contributed by atoms with van der Waals surface area (Å²) in [6.45, 7) is 7.77. The molecule has 3 rings (SSSR count). The smallest absolute Gasteiger partial charge is 0.127 e. The van der Waals surface area contributed by atoms with Gasteiger partial charge in [0.25, 0.3) is 0 Å². The van der Waals surface area contributed by atoms with Crippen LogP contribution in [0.25, 0.3) is 10.8 Å². The van der Waals surface area contributed by atoms with Gasteiger partial charge in [-0.1, -0.05) is 57.2 Å². The molecule has 1 aliphatic carbocycles. The number of fused-ring (bicyclic) bond motifs is 1. The van der Waals surface area contributed by atoms with Crippen LogP contribution >= 0.6 is 0 Å². The van der Waals surface area contributed by atoms with Crippen LogP contribution in [0.4, 0.5) is 0 Å². The molecule has 0 spiro atoms. The van der Waals surface area contributed by atoms with E-state index in [4.69, 9.17) is 4.74 Å². The lowest BCUT2D eigenvalue weighted by Crippen LogP contribution is -2.62. The molecule has 0 heterocycles. The second-order valence-electron chi connectivity index (χ2n) is 6.25. The van der Waals surface area contributed by atoms with Crippen molar-refractivity contribution in [2.24, 2.45) is 5.41 Å². The van der Waals surface area contributed by atoms with Gasteiger partial charge in [0.2, 0.25) is 0 Å². The van der Waals surface area contributed by atoms with Gasteiger partial charge in [0, 0.05) is 23.3 Å². The molecule has 2 aromatic carbocycles. The van der Waals surface area contributed by atoms with Crippen LogP contribution in [0, 0.1) is 5.41 Å². The van der Waals surface area contributed by atoms with E-state index in [1.807, 2.05) is 0 Å². The summed E-state index contributed by atoms with van der Waals surface area (Å²) in [6.07, 6.45) is 1.38. The normalized spacial score (nSPS) is 24.4. The summed E-state index contributed by atoms with van der Waals surface area (Å²) >= 11 is 0. The SMILES string of the molecule is CCNC1CC(Oc2cccc3ccccc23)C1(C)C. The molecule has 0 amide bonds. The molecule has 0 aromatic heterocycles. The minimum Gasteiger partial charge on any atom is -0.489 e. The van der Waals surface area contributed by atoms with Gasteiger partial charge >= 0.3 is 0 Å². The number of benzene rings is 2. The van der Waals surface area contributed by atoms with Gasteiger partial charge in [-0.25, -0.2) is 0 Å². The highest BCUT2D eigenvalue weighted by Gasteiger charge is 2.49. The first-order chi connectivity index (χ1) is 9.63. The molecule has 0 radical (unpaired) electrons. The summed E-state index contributed by atoms with van der Waals surface area (Å²) < 4.78 is 6.32. The van der Waals surface area contributed by atoms with Gasteiger partial charge < -0.3 is 10.1 Å².